The van der Waals surface area contributed by atoms with Crippen molar-refractivity contribution in [1.29, 1.82) is 0 Å². The number of anilines is 2. The Morgan fingerprint density at radius 2 is 0.806 bits per heavy atom. The maximum Gasteiger partial charge on any atom is 0.0989 e. The number of para-hydroxylation sites is 2. The van der Waals surface area contributed by atoms with E-state index >= 15 is 0 Å². The molecule has 0 saturated heterocycles. The number of hydrogen-bond donors (Lipinski definition) is 0. The molecule has 0 atom stereocenters. The van der Waals surface area contributed by atoms with Crippen LogP contribution in [0.25, 0.3) is 0 Å². The summed E-state index contributed by atoms with van der Waals surface area (Å²) in [6.45, 7) is 19.2. The third-order valence-electron chi connectivity index (χ3n) is 5.99. The minimum Gasteiger partial charge on any atom is -0.870 e. The van der Waals surface area contributed by atoms with Crippen molar-refractivity contribution >= 4 is 11.4 Å². The van der Waals surface area contributed by atoms with Crippen LogP contribution in [0, 0.1) is 0 Å². The van der Waals surface area contributed by atoms with E-state index in [0.717, 1.165) is 6.67 Å². The van der Waals surface area contributed by atoms with E-state index < -0.39 is 0 Å². The topological polar surface area (TPSA) is 36.5 Å². The fourth-order valence-electron chi connectivity index (χ4n) is 4.40. The first kappa shape index (κ1) is 27.5. The van der Waals surface area contributed by atoms with Crippen molar-refractivity contribution in [1.82, 2.24) is 0 Å². The van der Waals surface area contributed by atoms with Gasteiger partial charge in [0.25, 0.3) is 0 Å². The predicted octanol–water partition coefficient (Wildman–Crippen LogP) is 7.76. The summed E-state index contributed by atoms with van der Waals surface area (Å²) in [5.74, 6) is 2.00. The maximum absolute atomic E-state index is 2.45. The Kier molecular flexibility index (Phi) is 10.1. The molecule has 0 spiro atoms. The van der Waals surface area contributed by atoms with Gasteiger partial charge in [-0.05, 0) is 45.9 Å². The third kappa shape index (κ3) is 5.64. The molecule has 0 unspecified atom stereocenters. The number of hydrogen-bond acceptors (Lipinski definition) is 3. The fraction of sp³-hybridized carbons (Fsp3) is 0.481. The van der Waals surface area contributed by atoms with E-state index in [1.807, 2.05) is 0 Å². The predicted molar refractivity (Wildman–Crippen MR) is 130 cm³/mol. The molecule has 31 heavy (non-hydrogen) atoms. The standard InChI is InChI=1S/C27H38N2.Au.H2O/c1-18(2)22-11-9-12-23(19(3)4)26(22)28-15-16-29(17-28)27-24(20(5)6)13-10-14-25(27)21(7)8;;/h9-16,18-21H,17H2,1-8H3;;1H2/p-1. The Labute approximate surface area is 205 Å². The van der Waals surface area contributed by atoms with Crippen LogP contribution in [0.3, 0.4) is 0 Å². The Balaban J connectivity index is 0.00000240. The average molecular weight is 605 g/mol. The molecule has 2 aromatic carbocycles. The van der Waals surface area contributed by atoms with Crippen molar-refractivity contribution in [2.75, 3.05) is 16.5 Å². The summed E-state index contributed by atoms with van der Waals surface area (Å²) >= 11 is 0. The first-order valence-corrected chi connectivity index (χ1v) is 11.2. The molecule has 0 aliphatic carbocycles. The summed E-state index contributed by atoms with van der Waals surface area (Å²) in [6, 6.07) is 13.6. The van der Waals surface area contributed by atoms with Crippen LogP contribution >= 0.6 is 0 Å². The maximum atomic E-state index is 2.45. The molecule has 1 radical (unpaired) electrons. The summed E-state index contributed by atoms with van der Waals surface area (Å²) in [6.07, 6.45) is 4.54. The van der Waals surface area contributed by atoms with Gasteiger partial charge in [-0.2, -0.15) is 0 Å². The number of benzene rings is 2. The molecule has 0 aromatic heterocycles. The molecule has 0 amide bonds. The first-order chi connectivity index (χ1) is 13.7. The molecular formula is C27H39AuN2O-. The largest absolute Gasteiger partial charge is 0.870 e. The van der Waals surface area contributed by atoms with Crippen LogP contribution in [0.2, 0.25) is 0 Å². The molecule has 2 aromatic rings. The zero-order valence-corrected chi connectivity index (χ0v) is 22.4. The van der Waals surface area contributed by atoms with E-state index in [1.54, 1.807) is 0 Å². The van der Waals surface area contributed by atoms with E-state index in [9.17, 15) is 0 Å². The second-order valence-corrected chi connectivity index (χ2v) is 9.57. The van der Waals surface area contributed by atoms with Crippen molar-refractivity contribution in [3.63, 3.8) is 0 Å². The van der Waals surface area contributed by atoms with E-state index in [0.29, 0.717) is 23.7 Å². The fourth-order valence-corrected chi connectivity index (χ4v) is 4.40. The summed E-state index contributed by atoms with van der Waals surface area (Å²) in [4.78, 5) is 4.90. The van der Waals surface area contributed by atoms with Crippen molar-refractivity contribution < 1.29 is 27.9 Å². The zero-order valence-electron chi connectivity index (χ0n) is 20.3. The smallest absolute Gasteiger partial charge is 0.0989 e. The minimum atomic E-state index is 0. The Bertz CT molecular complexity index is 763. The molecule has 3 nitrogen and oxygen atoms in total. The van der Waals surface area contributed by atoms with Gasteiger partial charge in [-0.1, -0.05) is 91.8 Å². The van der Waals surface area contributed by atoms with Crippen LogP contribution in [-0.2, 0) is 22.4 Å². The van der Waals surface area contributed by atoms with Gasteiger partial charge in [0.1, 0.15) is 0 Å². The molecular weight excluding hydrogens is 565 g/mol. The summed E-state index contributed by atoms with van der Waals surface area (Å²) in [5, 5.41) is 0. The quantitative estimate of drug-likeness (QED) is 0.317. The van der Waals surface area contributed by atoms with Crippen LogP contribution in [0.1, 0.15) is 101 Å². The third-order valence-corrected chi connectivity index (χ3v) is 5.99. The summed E-state index contributed by atoms with van der Waals surface area (Å²) < 4.78 is 0. The summed E-state index contributed by atoms with van der Waals surface area (Å²) in [5.41, 5.74) is 8.52. The molecule has 1 heterocycles. The van der Waals surface area contributed by atoms with Crippen molar-refractivity contribution in [2.24, 2.45) is 0 Å². The Morgan fingerprint density at radius 1 is 0.548 bits per heavy atom. The van der Waals surface area contributed by atoms with Crippen LogP contribution in [0.4, 0.5) is 11.4 Å². The number of nitrogens with zero attached hydrogens (tertiary/aromatic N) is 2. The van der Waals surface area contributed by atoms with Gasteiger partial charge in [-0.25, -0.2) is 0 Å². The molecule has 0 saturated carbocycles. The van der Waals surface area contributed by atoms with Gasteiger partial charge in [0.2, 0.25) is 0 Å². The van der Waals surface area contributed by atoms with E-state index in [-0.39, 0.29) is 27.9 Å². The normalized spacial score (nSPS) is 13.4. The van der Waals surface area contributed by atoms with E-state index in [2.05, 4.69) is 114 Å². The Morgan fingerprint density at radius 3 is 1.03 bits per heavy atom. The molecule has 4 heteroatoms. The molecule has 1 aliphatic rings. The number of rotatable bonds is 6. The molecule has 3 rings (SSSR count). The van der Waals surface area contributed by atoms with E-state index in [4.69, 9.17) is 0 Å². The SMILES string of the molecule is CC(C)c1cccc(C(C)C)c1N1C=CN(c2c(C(C)C)cccc2C(C)C)C1.[Au].[OH-]. The molecule has 1 N–H and O–H groups in total. The van der Waals surface area contributed by atoms with Gasteiger partial charge >= 0.3 is 0 Å². The van der Waals surface area contributed by atoms with Gasteiger partial charge in [0.05, 0.1) is 6.67 Å². The average Bonchev–Trinajstić information content (AvgIpc) is 3.15. The van der Waals surface area contributed by atoms with Crippen molar-refractivity contribution in [2.45, 2.75) is 79.1 Å². The van der Waals surface area contributed by atoms with Crippen molar-refractivity contribution in [3.8, 4) is 0 Å². The van der Waals surface area contributed by atoms with Gasteiger partial charge in [-0.3, -0.25) is 0 Å². The van der Waals surface area contributed by atoms with Crippen LogP contribution < -0.4 is 9.80 Å². The van der Waals surface area contributed by atoms with E-state index in [1.165, 1.54) is 33.6 Å². The van der Waals surface area contributed by atoms with Gasteiger partial charge in [0, 0.05) is 46.2 Å². The van der Waals surface area contributed by atoms with Crippen LogP contribution in [0.5, 0.6) is 0 Å². The monoisotopic (exact) mass is 604 g/mol. The van der Waals surface area contributed by atoms with Crippen molar-refractivity contribution in [3.05, 3.63) is 71.1 Å². The summed E-state index contributed by atoms with van der Waals surface area (Å²) in [7, 11) is 0. The molecule has 0 fully saturated rings. The first-order valence-electron chi connectivity index (χ1n) is 11.2. The van der Waals surface area contributed by atoms with Gasteiger partial charge in [-0.15, -0.1) is 0 Å². The minimum absolute atomic E-state index is 0. The molecule has 175 valence electrons. The second-order valence-electron chi connectivity index (χ2n) is 9.57. The molecule has 1 aliphatic heterocycles. The van der Waals surface area contributed by atoms with Crippen LogP contribution in [0.15, 0.2) is 48.8 Å². The zero-order chi connectivity index (χ0) is 21.3. The van der Waals surface area contributed by atoms with Gasteiger partial charge in [0.15, 0.2) is 0 Å². The second kappa shape index (κ2) is 11.4. The Hall–Kier alpha value is -1.52. The van der Waals surface area contributed by atoms with Gasteiger partial charge < -0.3 is 15.3 Å². The van der Waals surface area contributed by atoms with Crippen LogP contribution in [-0.4, -0.2) is 12.1 Å². The molecule has 0 bridgehead atoms.